The van der Waals surface area contributed by atoms with Crippen molar-refractivity contribution < 1.29 is 13.9 Å². The van der Waals surface area contributed by atoms with Gasteiger partial charge in [0.2, 0.25) is 5.91 Å². The van der Waals surface area contributed by atoms with Crippen LogP contribution in [-0.4, -0.2) is 34.4 Å². The molecule has 1 aliphatic heterocycles. The van der Waals surface area contributed by atoms with Crippen LogP contribution < -0.4 is 4.74 Å². The summed E-state index contributed by atoms with van der Waals surface area (Å²) < 4.78 is 20.3. The maximum atomic E-state index is 15.1. The first kappa shape index (κ1) is 18.8. The second-order valence-electron chi connectivity index (χ2n) is 7.35. The number of amides is 1. The molecule has 5 rings (SSSR count). The lowest BCUT2D eigenvalue weighted by Crippen LogP contribution is -2.41. The van der Waals surface area contributed by atoms with E-state index in [0.29, 0.717) is 17.9 Å². The zero-order valence-corrected chi connectivity index (χ0v) is 17.2. The summed E-state index contributed by atoms with van der Waals surface area (Å²) in [4.78, 5) is 22.7. The standard InChI is InChI=1S/C23H20FN3O2S/c1-29-15-6-7-18(19(24)11-15)23-22-17(16-4-2-3-5-20(16)26-22)8-9-27(23)21(28)10-14-12-30-13-25-14/h2-7,11-13,23,26H,8-10H2,1H3. The first-order valence-corrected chi connectivity index (χ1v) is 10.7. The van der Waals surface area contributed by atoms with Gasteiger partial charge >= 0.3 is 0 Å². The number of aromatic nitrogens is 2. The van der Waals surface area contributed by atoms with E-state index in [1.54, 1.807) is 22.5 Å². The normalized spacial score (nSPS) is 15.9. The molecule has 5 nitrogen and oxygen atoms in total. The van der Waals surface area contributed by atoms with Gasteiger partial charge < -0.3 is 14.6 Å². The van der Waals surface area contributed by atoms with Gasteiger partial charge in [-0.05, 0) is 30.2 Å². The number of aromatic amines is 1. The summed E-state index contributed by atoms with van der Waals surface area (Å²) in [5, 5.41) is 3.00. The van der Waals surface area contributed by atoms with Gasteiger partial charge in [-0.15, -0.1) is 11.3 Å². The lowest BCUT2D eigenvalue weighted by molar-refractivity contribution is -0.132. The molecule has 2 aromatic carbocycles. The number of ether oxygens (including phenoxy) is 1. The molecular weight excluding hydrogens is 401 g/mol. The molecule has 0 fully saturated rings. The third-order valence-corrected chi connectivity index (χ3v) is 6.31. The number of benzene rings is 2. The molecule has 1 amide bonds. The Hall–Kier alpha value is -3.19. The smallest absolute Gasteiger partial charge is 0.229 e. The maximum absolute atomic E-state index is 15.1. The van der Waals surface area contributed by atoms with E-state index >= 15 is 4.39 Å². The average Bonchev–Trinajstić information content (AvgIpc) is 3.40. The van der Waals surface area contributed by atoms with Gasteiger partial charge in [0, 0.05) is 40.2 Å². The number of carbonyl (C=O) groups excluding carboxylic acids is 1. The van der Waals surface area contributed by atoms with E-state index in [9.17, 15) is 4.79 Å². The monoisotopic (exact) mass is 421 g/mol. The lowest BCUT2D eigenvalue weighted by atomic mass is 9.91. The van der Waals surface area contributed by atoms with Crippen molar-refractivity contribution in [3.63, 3.8) is 0 Å². The van der Waals surface area contributed by atoms with Gasteiger partial charge in [0.05, 0.1) is 24.7 Å². The Morgan fingerprint density at radius 2 is 2.20 bits per heavy atom. The number of fused-ring (bicyclic) bond motifs is 3. The van der Waals surface area contributed by atoms with E-state index in [1.165, 1.54) is 24.5 Å². The number of carbonyl (C=O) groups is 1. The van der Waals surface area contributed by atoms with Crippen molar-refractivity contribution in [2.75, 3.05) is 13.7 Å². The quantitative estimate of drug-likeness (QED) is 0.528. The molecule has 1 aliphatic rings. The highest BCUT2D eigenvalue weighted by Gasteiger charge is 2.36. The highest BCUT2D eigenvalue weighted by molar-refractivity contribution is 7.07. The molecule has 1 unspecified atom stereocenters. The Balaban J connectivity index is 1.63. The van der Waals surface area contributed by atoms with E-state index in [0.717, 1.165) is 34.3 Å². The maximum Gasteiger partial charge on any atom is 0.229 e. The molecule has 3 heterocycles. The molecular formula is C23H20FN3O2S. The molecule has 7 heteroatoms. The Morgan fingerprint density at radius 3 is 2.97 bits per heavy atom. The van der Waals surface area contributed by atoms with E-state index in [-0.39, 0.29) is 12.3 Å². The number of halogens is 1. The lowest BCUT2D eigenvalue weighted by Gasteiger charge is -2.36. The van der Waals surface area contributed by atoms with Crippen LogP contribution >= 0.6 is 11.3 Å². The number of hydrogen-bond acceptors (Lipinski definition) is 4. The van der Waals surface area contributed by atoms with Crippen molar-refractivity contribution in [3.05, 3.63) is 81.7 Å². The van der Waals surface area contributed by atoms with Gasteiger partial charge in [-0.1, -0.05) is 18.2 Å². The predicted octanol–water partition coefficient (Wildman–Crippen LogP) is 4.49. The third kappa shape index (κ3) is 3.15. The summed E-state index contributed by atoms with van der Waals surface area (Å²) >= 11 is 1.46. The van der Waals surface area contributed by atoms with Crippen molar-refractivity contribution in [1.82, 2.24) is 14.9 Å². The number of thiazole rings is 1. The topological polar surface area (TPSA) is 58.2 Å². The van der Waals surface area contributed by atoms with Crippen molar-refractivity contribution >= 4 is 28.1 Å². The molecule has 0 spiro atoms. The van der Waals surface area contributed by atoms with Crippen LogP contribution in [0.2, 0.25) is 0 Å². The second-order valence-corrected chi connectivity index (χ2v) is 8.07. The Morgan fingerprint density at radius 1 is 1.33 bits per heavy atom. The first-order valence-electron chi connectivity index (χ1n) is 9.75. The predicted molar refractivity (Wildman–Crippen MR) is 114 cm³/mol. The third-order valence-electron chi connectivity index (χ3n) is 5.67. The zero-order valence-electron chi connectivity index (χ0n) is 16.4. The van der Waals surface area contributed by atoms with Crippen molar-refractivity contribution in [2.24, 2.45) is 0 Å². The number of rotatable bonds is 4. The number of nitrogens with one attached hydrogen (secondary N) is 1. The summed E-state index contributed by atoms with van der Waals surface area (Å²) in [6.07, 6.45) is 0.920. The fourth-order valence-corrected chi connectivity index (χ4v) is 4.83. The minimum atomic E-state index is -0.529. The Bertz CT molecular complexity index is 1220. The van der Waals surface area contributed by atoms with Crippen LogP contribution in [0.15, 0.2) is 53.4 Å². The summed E-state index contributed by atoms with van der Waals surface area (Å²) in [5.41, 5.74) is 5.92. The fraction of sp³-hybridized carbons (Fsp3) is 0.217. The SMILES string of the molecule is COc1ccc(C2c3[nH]c4ccccc4c3CCN2C(=O)Cc2cscn2)c(F)c1. The molecule has 1 atom stereocenters. The number of hydrogen-bond donors (Lipinski definition) is 1. The summed E-state index contributed by atoms with van der Waals surface area (Å²) in [6.45, 7) is 0.522. The number of para-hydroxylation sites is 1. The molecule has 4 aromatic rings. The highest BCUT2D eigenvalue weighted by Crippen LogP contribution is 2.40. The number of nitrogens with zero attached hydrogens (tertiary/aromatic N) is 2. The minimum absolute atomic E-state index is 0.0644. The van der Waals surface area contributed by atoms with Gasteiger partial charge in [0.1, 0.15) is 17.6 Å². The van der Waals surface area contributed by atoms with Gasteiger partial charge in [0.25, 0.3) is 0 Å². The van der Waals surface area contributed by atoms with Crippen molar-refractivity contribution in [2.45, 2.75) is 18.9 Å². The summed E-state index contributed by atoms with van der Waals surface area (Å²) in [5.74, 6) is -0.00739. The molecule has 0 saturated heterocycles. The number of H-pyrrole nitrogens is 1. The van der Waals surface area contributed by atoms with Crippen molar-refractivity contribution in [1.29, 1.82) is 0 Å². The van der Waals surface area contributed by atoms with Crippen molar-refractivity contribution in [3.8, 4) is 5.75 Å². The number of methoxy groups -OCH3 is 1. The van der Waals surface area contributed by atoms with E-state index < -0.39 is 11.9 Å². The molecule has 1 N–H and O–H groups in total. The summed E-state index contributed by atoms with van der Waals surface area (Å²) in [7, 11) is 1.51. The average molecular weight is 421 g/mol. The largest absolute Gasteiger partial charge is 0.497 e. The Kier molecular flexibility index (Phi) is 4.75. The molecule has 2 aromatic heterocycles. The molecule has 0 aliphatic carbocycles. The molecule has 0 bridgehead atoms. The zero-order chi connectivity index (χ0) is 20.7. The summed E-state index contributed by atoms with van der Waals surface area (Å²) in [6, 6.07) is 12.3. The van der Waals surface area contributed by atoms with Gasteiger partial charge in [0.15, 0.2) is 0 Å². The van der Waals surface area contributed by atoms with E-state index in [4.69, 9.17) is 4.74 Å². The van der Waals surface area contributed by atoms with Crippen LogP contribution in [-0.2, 0) is 17.6 Å². The van der Waals surface area contributed by atoms with Gasteiger partial charge in [-0.2, -0.15) is 0 Å². The van der Waals surface area contributed by atoms with Crippen LogP contribution in [0.3, 0.4) is 0 Å². The molecule has 152 valence electrons. The fourth-order valence-electron chi connectivity index (χ4n) is 4.27. The second kappa shape index (κ2) is 7.57. The van der Waals surface area contributed by atoms with Crippen LogP contribution in [0.4, 0.5) is 4.39 Å². The van der Waals surface area contributed by atoms with Gasteiger partial charge in [-0.25, -0.2) is 9.37 Å². The minimum Gasteiger partial charge on any atom is -0.497 e. The first-order chi connectivity index (χ1) is 14.7. The Labute approximate surface area is 177 Å². The van der Waals surface area contributed by atoms with Crippen LogP contribution in [0, 0.1) is 5.82 Å². The molecule has 0 radical (unpaired) electrons. The van der Waals surface area contributed by atoms with Gasteiger partial charge in [-0.3, -0.25) is 4.79 Å². The highest BCUT2D eigenvalue weighted by atomic mass is 32.1. The van der Waals surface area contributed by atoms with E-state index in [1.807, 2.05) is 23.6 Å². The van der Waals surface area contributed by atoms with Crippen LogP contribution in [0.5, 0.6) is 5.75 Å². The van der Waals surface area contributed by atoms with E-state index in [2.05, 4.69) is 16.0 Å². The molecule has 0 saturated carbocycles. The van der Waals surface area contributed by atoms with Crippen LogP contribution in [0.1, 0.15) is 28.6 Å². The van der Waals surface area contributed by atoms with Crippen LogP contribution in [0.25, 0.3) is 10.9 Å². The molecule has 30 heavy (non-hydrogen) atoms.